The fourth-order valence-electron chi connectivity index (χ4n) is 3.33. The molecule has 0 radical (unpaired) electrons. The summed E-state index contributed by atoms with van der Waals surface area (Å²) in [5, 5.41) is 0. The van der Waals surface area contributed by atoms with Crippen LogP contribution in [0.2, 0.25) is 0 Å². The van der Waals surface area contributed by atoms with Crippen molar-refractivity contribution in [1.82, 2.24) is 0 Å². The van der Waals surface area contributed by atoms with Gasteiger partial charge in [0.05, 0.1) is 5.69 Å². The molecule has 0 aromatic heterocycles. The Hall–Kier alpha value is -2.42. The van der Waals surface area contributed by atoms with E-state index in [4.69, 9.17) is 0 Å². The summed E-state index contributed by atoms with van der Waals surface area (Å²) >= 11 is 0. The number of benzene rings is 2. The number of rotatable bonds is 1. The van der Waals surface area contributed by atoms with Gasteiger partial charge in [-0.1, -0.05) is 30.3 Å². The molecule has 2 aromatic rings. The van der Waals surface area contributed by atoms with Gasteiger partial charge in [-0.05, 0) is 23.8 Å². The molecule has 1 aliphatic heterocycles. The smallest absolute Gasteiger partial charge is 0.232 e. The Bertz CT molecular complexity index is 721. The maximum absolute atomic E-state index is 12.5. The zero-order valence-electron chi connectivity index (χ0n) is 10.9. The quantitative estimate of drug-likeness (QED) is 0.790. The molecule has 0 spiro atoms. The minimum absolute atomic E-state index is 0.0700. The van der Waals surface area contributed by atoms with E-state index in [1.54, 1.807) is 4.90 Å². The minimum Gasteiger partial charge on any atom is -0.294 e. The summed E-state index contributed by atoms with van der Waals surface area (Å²) in [6, 6.07) is 15.3. The predicted octanol–water partition coefficient (Wildman–Crippen LogP) is 3.43. The first-order chi connectivity index (χ1) is 9.75. The van der Waals surface area contributed by atoms with E-state index >= 15 is 0 Å². The summed E-state index contributed by atoms with van der Waals surface area (Å²) in [5.74, 6) is 0.302. The molecule has 2 aliphatic rings. The summed E-state index contributed by atoms with van der Waals surface area (Å²) in [5.41, 5.74) is 3.59. The molecule has 1 amide bonds. The Morgan fingerprint density at radius 1 is 0.900 bits per heavy atom. The second-order valence-corrected chi connectivity index (χ2v) is 5.33. The number of carbonyl (C=O) groups excluding carboxylic acids is 2. The molecule has 3 heteroatoms. The van der Waals surface area contributed by atoms with E-state index in [1.165, 1.54) is 0 Å². The van der Waals surface area contributed by atoms with E-state index in [0.717, 1.165) is 22.5 Å². The van der Waals surface area contributed by atoms with Crippen LogP contribution < -0.4 is 4.90 Å². The number of anilines is 2. The van der Waals surface area contributed by atoms with Crippen molar-refractivity contribution in [3.63, 3.8) is 0 Å². The lowest BCUT2D eigenvalue weighted by molar-refractivity contribution is -0.118. The van der Waals surface area contributed by atoms with Crippen LogP contribution in [0.4, 0.5) is 11.4 Å². The molecule has 2 aromatic carbocycles. The first-order valence-corrected chi connectivity index (χ1v) is 6.80. The molecular weight excluding hydrogens is 250 g/mol. The lowest BCUT2D eigenvalue weighted by Gasteiger charge is -2.32. The van der Waals surface area contributed by atoms with Gasteiger partial charge in [0.2, 0.25) is 5.91 Å². The van der Waals surface area contributed by atoms with E-state index in [2.05, 4.69) is 0 Å². The molecule has 1 unspecified atom stereocenters. The maximum Gasteiger partial charge on any atom is 0.232 e. The first kappa shape index (κ1) is 11.4. The van der Waals surface area contributed by atoms with Crippen molar-refractivity contribution in [2.45, 2.75) is 18.8 Å². The van der Waals surface area contributed by atoms with Gasteiger partial charge in [0.15, 0.2) is 5.78 Å². The number of nitrogens with zero attached hydrogens (tertiary/aromatic N) is 1. The second-order valence-electron chi connectivity index (χ2n) is 5.33. The monoisotopic (exact) mass is 263 g/mol. The number of carbonyl (C=O) groups is 2. The van der Waals surface area contributed by atoms with Gasteiger partial charge in [-0.2, -0.15) is 0 Å². The third-order valence-corrected chi connectivity index (χ3v) is 4.15. The van der Waals surface area contributed by atoms with Gasteiger partial charge < -0.3 is 0 Å². The number of Topliss-reactive ketones (excluding diaryl/α,β-unsaturated/α-hetero) is 1. The Labute approximate surface area is 116 Å². The molecule has 0 N–H and O–H groups in total. The summed E-state index contributed by atoms with van der Waals surface area (Å²) in [6.07, 6.45) is 0.894. The SMILES string of the molecule is O=C1CC2CC(=O)N(c3ccccc3)c3cccc1c32. The van der Waals surface area contributed by atoms with E-state index < -0.39 is 0 Å². The summed E-state index contributed by atoms with van der Waals surface area (Å²) in [4.78, 5) is 26.3. The van der Waals surface area contributed by atoms with Gasteiger partial charge in [0.1, 0.15) is 0 Å². The standard InChI is InChI=1S/C17H13NO2/c19-15-9-11-10-16(20)18(12-5-2-1-3-6-12)14-8-4-7-13(15)17(11)14/h1-8,11H,9-10H2. The molecule has 1 aliphatic carbocycles. The zero-order chi connectivity index (χ0) is 13.7. The first-order valence-electron chi connectivity index (χ1n) is 6.80. The Morgan fingerprint density at radius 3 is 2.50 bits per heavy atom. The van der Waals surface area contributed by atoms with Gasteiger partial charge in [-0.25, -0.2) is 0 Å². The molecule has 1 atom stereocenters. The van der Waals surface area contributed by atoms with Crippen molar-refractivity contribution < 1.29 is 9.59 Å². The van der Waals surface area contributed by atoms with Crippen LogP contribution >= 0.6 is 0 Å². The Kier molecular flexibility index (Phi) is 2.30. The average molecular weight is 263 g/mol. The van der Waals surface area contributed by atoms with E-state index in [0.29, 0.717) is 12.8 Å². The summed E-state index contributed by atoms with van der Waals surface area (Å²) in [7, 11) is 0. The molecule has 0 fully saturated rings. The van der Waals surface area contributed by atoms with Crippen LogP contribution in [0.3, 0.4) is 0 Å². The molecule has 3 nitrogen and oxygen atoms in total. The van der Waals surface area contributed by atoms with Gasteiger partial charge in [-0.3, -0.25) is 14.5 Å². The Morgan fingerprint density at radius 2 is 1.70 bits per heavy atom. The number of hydrogen-bond acceptors (Lipinski definition) is 2. The van der Waals surface area contributed by atoms with E-state index in [-0.39, 0.29) is 17.6 Å². The molecule has 1 heterocycles. The second kappa shape index (κ2) is 4.04. The van der Waals surface area contributed by atoms with Crippen LogP contribution in [0.5, 0.6) is 0 Å². The lowest BCUT2D eigenvalue weighted by atomic mass is 9.91. The fraction of sp³-hybridized carbons (Fsp3) is 0.176. The predicted molar refractivity (Wildman–Crippen MR) is 76.3 cm³/mol. The van der Waals surface area contributed by atoms with Crippen LogP contribution in [0.1, 0.15) is 34.7 Å². The third kappa shape index (κ3) is 1.46. The van der Waals surface area contributed by atoms with Crippen molar-refractivity contribution in [3.05, 3.63) is 59.7 Å². The van der Waals surface area contributed by atoms with Gasteiger partial charge in [0.25, 0.3) is 0 Å². The minimum atomic E-state index is 0.0700. The summed E-state index contributed by atoms with van der Waals surface area (Å²) < 4.78 is 0. The highest BCUT2D eigenvalue weighted by atomic mass is 16.2. The van der Waals surface area contributed by atoms with Gasteiger partial charge in [0, 0.05) is 30.0 Å². The zero-order valence-corrected chi connectivity index (χ0v) is 10.9. The van der Waals surface area contributed by atoms with Crippen molar-refractivity contribution in [3.8, 4) is 0 Å². The van der Waals surface area contributed by atoms with Crippen molar-refractivity contribution in [1.29, 1.82) is 0 Å². The molecule has 20 heavy (non-hydrogen) atoms. The fourth-order valence-corrected chi connectivity index (χ4v) is 3.33. The highest BCUT2D eigenvalue weighted by molar-refractivity contribution is 6.10. The van der Waals surface area contributed by atoms with Crippen LogP contribution in [0.15, 0.2) is 48.5 Å². The topological polar surface area (TPSA) is 37.4 Å². The Balaban J connectivity index is 1.95. The largest absolute Gasteiger partial charge is 0.294 e. The van der Waals surface area contributed by atoms with E-state index in [9.17, 15) is 9.59 Å². The third-order valence-electron chi connectivity index (χ3n) is 4.15. The number of para-hydroxylation sites is 1. The lowest BCUT2D eigenvalue weighted by Crippen LogP contribution is -2.32. The maximum atomic E-state index is 12.5. The number of hydrogen-bond donors (Lipinski definition) is 0. The van der Waals surface area contributed by atoms with Gasteiger partial charge in [-0.15, -0.1) is 0 Å². The molecule has 98 valence electrons. The van der Waals surface area contributed by atoms with Crippen LogP contribution in [-0.2, 0) is 4.79 Å². The molecule has 0 bridgehead atoms. The normalized spacial score (nSPS) is 20.2. The van der Waals surface area contributed by atoms with Crippen LogP contribution in [-0.4, -0.2) is 11.7 Å². The summed E-state index contributed by atoms with van der Waals surface area (Å²) in [6.45, 7) is 0. The molecular formula is C17H13NO2. The van der Waals surface area contributed by atoms with Crippen LogP contribution in [0, 0.1) is 0 Å². The van der Waals surface area contributed by atoms with Crippen molar-refractivity contribution in [2.24, 2.45) is 0 Å². The molecule has 0 saturated heterocycles. The van der Waals surface area contributed by atoms with Crippen molar-refractivity contribution in [2.75, 3.05) is 4.90 Å². The number of amides is 1. The molecule has 0 saturated carbocycles. The highest BCUT2D eigenvalue weighted by Gasteiger charge is 2.40. The highest BCUT2D eigenvalue weighted by Crippen LogP contribution is 2.47. The van der Waals surface area contributed by atoms with Gasteiger partial charge >= 0.3 is 0 Å². The van der Waals surface area contributed by atoms with Crippen LogP contribution in [0.25, 0.3) is 0 Å². The molecule has 4 rings (SSSR count). The number of ketones is 1. The van der Waals surface area contributed by atoms with Crippen molar-refractivity contribution >= 4 is 23.1 Å². The van der Waals surface area contributed by atoms with E-state index in [1.807, 2.05) is 48.5 Å². The average Bonchev–Trinajstić information content (AvgIpc) is 2.78.